The quantitative estimate of drug-likeness (QED) is 0.518. The monoisotopic (exact) mass is 173 g/mol. The zero-order chi connectivity index (χ0) is 7.94. The predicted octanol–water partition coefficient (Wildman–Crippen LogP) is 2.82. The van der Waals surface area contributed by atoms with E-state index in [1.807, 2.05) is 11.9 Å². The van der Waals surface area contributed by atoms with E-state index in [1.54, 1.807) is 0 Å². The summed E-state index contributed by atoms with van der Waals surface area (Å²) in [6, 6.07) is 0. The van der Waals surface area contributed by atoms with Crippen LogP contribution in [0.15, 0.2) is 0 Å². The SMILES string of the molecule is CCSNCC1CCCCC1. The Balaban J connectivity index is 1.96. The molecule has 1 saturated carbocycles. The molecule has 0 spiro atoms. The predicted molar refractivity (Wildman–Crippen MR) is 52.7 cm³/mol. The van der Waals surface area contributed by atoms with Crippen LogP contribution in [-0.2, 0) is 0 Å². The minimum atomic E-state index is 0.975. The van der Waals surface area contributed by atoms with Crippen molar-refractivity contribution in [2.24, 2.45) is 5.92 Å². The van der Waals surface area contributed by atoms with Crippen molar-refractivity contribution < 1.29 is 0 Å². The second-order valence-electron chi connectivity index (χ2n) is 3.29. The third kappa shape index (κ3) is 4.02. The topological polar surface area (TPSA) is 12.0 Å². The molecule has 11 heavy (non-hydrogen) atoms. The van der Waals surface area contributed by atoms with Gasteiger partial charge in [-0.2, -0.15) is 0 Å². The second kappa shape index (κ2) is 5.90. The summed E-state index contributed by atoms with van der Waals surface area (Å²) in [4.78, 5) is 0. The zero-order valence-corrected chi connectivity index (χ0v) is 8.25. The molecule has 1 rings (SSSR count). The van der Waals surface area contributed by atoms with Gasteiger partial charge in [-0.3, -0.25) is 4.72 Å². The van der Waals surface area contributed by atoms with Crippen LogP contribution in [0.4, 0.5) is 0 Å². The van der Waals surface area contributed by atoms with Gasteiger partial charge in [-0.05, 0) is 18.8 Å². The van der Waals surface area contributed by atoms with Gasteiger partial charge in [-0.25, -0.2) is 0 Å². The van der Waals surface area contributed by atoms with Crippen molar-refractivity contribution in [3.8, 4) is 0 Å². The van der Waals surface area contributed by atoms with E-state index >= 15 is 0 Å². The Morgan fingerprint density at radius 2 is 2.00 bits per heavy atom. The standard InChI is InChI=1S/C9H19NS/c1-2-11-10-8-9-6-4-3-5-7-9/h9-10H,2-8H2,1H3. The number of rotatable bonds is 4. The highest BCUT2D eigenvalue weighted by molar-refractivity contribution is 7.97. The van der Waals surface area contributed by atoms with Gasteiger partial charge in [0.1, 0.15) is 0 Å². The smallest absolute Gasteiger partial charge is 0.00868 e. The summed E-state index contributed by atoms with van der Waals surface area (Å²) in [6.07, 6.45) is 7.30. The summed E-state index contributed by atoms with van der Waals surface area (Å²) in [6.45, 7) is 3.43. The van der Waals surface area contributed by atoms with Gasteiger partial charge in [0, 0.05) is 12.3 Å². The molecule has 0 aliphatic heterocycles. The molecule has 0 bridgehead atoms. The first-order valence-electron chi connectivity index (χ1n) is 4.78. The molecule has 0 aromatic carbocycles. The molecule has 0 saturated heterocycles. The van der Waals surface area contributed by atoms with Crippen molar-refractivity contribution in [1.82, 2.24) is 4.72 Å². The van der Waals surface area contributed by atoms with Crippen LogP contribution in [0.2, 0.25) is 0 Å². The van der Waals surface area contributed by atoms with Gasteiger partial charge in [0.05, 0.1) is 0 Å². The van der Waals surface area contributed by atoms with Gasteiger partial charge in [-0.15, -0.1) is 0 Å². The molecule has 2 heteroatoms. The Morgan fingerprint density at radius 1 is 1.27 bits per heavy atom. The molecule has 0 unspecified atom stereocenters. The molecule has 66 valence electrons. The van der Waals surface area contributed by atoms with Crippen LogP contribution in [0.25, 0.3) is 0 Å². The van der Waals surface area contributed by atoms with Crippen molar-refractivity contribution in [2.75, 3.05) is 12.3 Å². The van der Waals surface area contributed by atoms with Gasteiger partial charge in [-0.1, -0.05) is 38.1 Å². The first-order chi connectivity index (χ1) is 5.43. The van der Waals surface area contributed by atoms with Crippen LogP contribution < -0.4 is 4.72 Å². The van der Waals surface area contributed by atoms with E-state index in [2.05, 4.69) is 11.6 Å². The summed E-state index contributed by atoms with van der Waals surface area (Å²) in [5.41, 5.74) is 0. The fraction of sp³-hybridized carbons (Fsp3) is 1.00. The highest BCUT2D eigenvalue weighted by atomic mass is 32.2. The number of hydrogen-bond donors (Lipinski definition) is 1. The zero-order valence-electron chi connectivity index (χ0n) is 7.44. The number of nitrogens with one attached hydrogen (secondary N) is 1. The average Bonchev–Trinajstić information content (AvgIpc) is 2.07. The summed E-state index contributed by atoms with van der Waals surface area (Å²) >= 11 is 1.85. The highest BCUT2D eigenvalue weighted by Gasteiger charge is 2.11. The van der Waals surface area contributed by atoms with Crippen LogP contribution in [0.5, 0.6) is 0 Å². The molecule has 1 nitrogen and oxygen atoms in total. The molecule has 1 aliphatic rings. The van der Waals surface area contributed by atoms with Gasteiger partial charge in [0.2, 0.25) is 0 Å². The highest BCUT2D eigenvalue weighted by Crippen LogP contribution is 2.23. The number of hydrogen-bond acceptors (Lipinski definition) is 2. The summed E-state index contributed by atoms with van der Waals surface area (Å²) in [7, 11) is 0. The fourth-order valence-corrected chi connectivity index (χ4v) is 2.23. The van der Waals surface area contributed by atoms with Crippen molar-refractivity contribution in [3.05, 3.63) is 0 Å². The molecule has 1 aliphatic carbocycles. The van der Waals surface area contributed by atoms with Crippen molar-refractivity contribution >= 4 is 11.9 Å². The lowest BCUT2D eigenvalue weighted by Gasteiger charge is -2.21. The molecular weight excluding hydrogens is 154 g/mol. The summed E-state index contributed by atoms with van der Waals surface area (Å²) in [5, 5.41) is 0. The minimum absolute atomic E-state index is 0.975. The lowest BCUT2D eigenvalue weighted by Crippen LogP contribution is -2.19. The summed E-state index contributed by atoms with van der Waals surface area (Å²) in [5.74, 6) is 2.16. The van der Waals surface area contributed by atoms with Gasteiger partial charge < -0.3 is 0 Å². The molecule has 1 fully saturated rings. The van der Waals surface area contributed by atoms with E-state index in [9.17, 15) is 0 Å². The maximum atomic E-state index is 3.42. The van der Waals surface area contributed by atoms with Crippen molar-refractivity contribution in [2.45, 2.75) is 39.0 Å². The van der Waals surface area contributed by atoms with E-state index in [0.29, 0.717) is 0 Å². The molecule has 1 N–H and O–H groups in total. The maximum absolute atomic E-state index is 3.42. The second-order valence-corrected chi connectivity index (χ2v) is 4.44. The Bertz CT molecular complexity index is 89.6. The molecule has 0 aromatic rings. The van der Waals surface area contributed by atoms with Crippen molar-refractivity contribution in [1.29, 1.82) is 0 Å². The lowest BCUT2D eigenvalue weighted by atomic mass is 9.90. The minimum Gasteiger partial charge on any atom is -0.264 e. The third-order valence-electron chi connectivity index (χ3n) is 2.34. The van der Waals surface area contributed by atoms with Crippen molar-refractivity contribution in [3.63, 3.8) is 0 Å². The molecule has 0 atom stereocenters. The first-order valence-corrected chi connectivity index (χ1v) is 5.76. The Labute approximate surface area is 74.5 Å². The van der Waals surface area contributed by atoms with Crippen LogP contribution in [-0.4, -0.2) is 12.3 Å². The van der Waals surface area contributed by atoms with Gasteiger partial charge in [0.15, 0.2) is 0 Å². The normalized spacial score (nSPS) is 20.5. The molecule has 0 amide bonds. The molecule has 0 heterocycles. The molecular formula is C9H19NS. The van der Waals surface area contributed by atoms with E-state index < -0.39 is 0 Å². The lowest BCUT2D eigenvalue weighted by molar-refractivity contribution is 0.360. The Hall–Kier alpha value is 0.310. The van der Waals surface area contributed by atoms with E-state index in [4.69, 9.17) is 0 Å². The Morgan fingerprint density at radius 3 is 2.64 bits per heavy atom. The molecule has 0 aromatic heterocycles. The first kappa shape index (κ1) is 9.40. The fourth-order valence-electron chi connectivity index (χ4n) is 1.67. The molecule has 0 radical (unpaired) electrons. The largest absolute Gasteiger partial charge is 0.264 e. The van der Waals surface area contributed by atoms with E-state index in [0.717, 1.165) is 5.92 Å². The van der Waals surface area contributed by atoms with Crippen LogP contribution in [0.3, 0.4) is 0 Å². The van der Waals surface area contributed by atoms with Gasteiger partial charge in [0.25, 0.3) is 0 Å². The summed E-state index contributed by atoms with van der Waals surface area (Å²) < 4.78 is 3.42. The van der Waals surface area contributed by atoms with E-state index in [-0.39, 0.29) is 0 Å². The Kier molecular flexibility index (Phi) is 5.04. The van der Waals surface area contributed by atoms with E-state index in [1.165, 1.54) is 44.4 Å². The van der Waals surface area contributed by atoms with Crippen LogP contribution >= 0.6 is 11.9 Å². The third-order valence-corrected chi connectivity index (χ3v) is 3.00. The van der Waals surface area contributed by atoms with Gasteiger partial charge >= 0.3 is 0 Å². The van der Waals surface area contributed by atoms with Crippen LogP contribution in [0, 0.1) is 5.92 Å². The maximum Gasteiger partial charge on any atom is 0.00868 e. The van der Waals surface area contributed by atoms with Crippen LogP contribution in [0.1, 0.15) is 39.0 Å². The average molecular weight is 173 g/mol.